The normalized spacial score (nSPS) is 15.1. The summed E-state index contributed by atoms with van der Waals surface area (Å²) < 4.78 is 5.80. The van der Waals surface area contributed by atoms with Crippen molar-refractivity contribution in [1.29, 1.82) is 0 Å². The van der Waals surface area contributed by atoms with Crippen molar-refractivity contribution >= 4 is 23.7 Å². The molecule has 1 N–H and O–H groups in total. The molecular weight excluding hydrogens is 348 g/mol. The molecule has 26 heavy (non-hydrogen) atoms. The van der Waals surface area contributed by atoms with Gasteiger partial charge in [0.2, 0.25) is 5.91 Å². The van der Waals surface area contributed by atoms with E-state index in [0.29, 0.717) is 11.6 Å². The zero-order valence-electron chi connectivity index (χ0n) is 14.7. The maximum absolute atomic E-state index is 12.1. The van der Waals surface area contributed by atoms with Crippen molar-refractivity contribution in [2.75, 3.05) is 0 Å². The quantitative estimate of drug-likeness (QED) is 0.577. The van der Waals surface area contributed by atoms with E-state index >= 15 is 0 Å². The van der Waals surface area contributed by atoms with Gasteiger partial charge in [-0.2, -0.15) is 5.10 Å². The Balaban J connectivity index is 1.51. The first kappa shape index (κ1) is 18.5. The van der Waals surface area contributed by atoms with Gasteiger partial charge in [-0.3, -0.25) is 4.79 Å². The molecule has 136 valence electrons. The van der Waals surface area contributed by atoms with Gasteiger partial charge in [0.15, 0.2) is 0 Å². The standard InChI is InChI=1S/C21H23ClN2O2/c22-19-11-9-16(10-12-19)15-26-20-8-4-5-17(13-20)14-23-24-21(25)18-6-2-1-3-7-18/h4-5,8-14,18H,1-3,6-7,15H2,(H,24,25)/b23-14+. The average Bonchev–Trinajstić information content (AvgIpc) is 2.68. The predicted molar refractivity (Wildman–Crippen MR) is 105 cm³/mol. The molecule has 1 saturated carbocycles. The van der Waals surface area contributed by atoms with Gasteiger partial charge in [0.25, 0.3) is 0 Å². The molecule has 1 aliphatic rings. The summed E-state index contributed by atoms with van der Waals surface area (Å²) in [5, 5.41) is 4.80. The van der Waals surface area contributed by atoms with Crippen molar-refractivity contribution in [1.82, 2.24) is 5.43 Å². The van der Waals surface area contributed by atoms with E-state index < -0.39 is 0 Å². The molecular formula is C21H23ClN2O2. The molecule has 0 bridgehead atoms. The number of hydrazone groups is 1. The van der Waals surface area contributed by atoms with E-state index in [2.05, 4.69) is 10.5 Å². The number of rotatable bonds is 6. The number of nitrogens with zero attached hydrogens (tertiary/aromatic N) is 1. The highest BCUT2D eigenvalue weighted by molar-refractivity contribution is 6.30. The predicted octanol–water partition coefficient (Wildman–Crippen LogP) is 4.95. The molecule has 2 aromatic rings. The minimum absolute atomic E-state index is 0.0242. The average molecular weight is 371 g/mol. The largest absolute Gasteiger partial charge is 0.489 e. The van der Waals surface area contributed by atoms with Crippen LogP contribution in [0.3, 0.4) is 0 Å². The third kappa shape index (κ3) is 5.60. The van der Waals surface area contributed by atoms with Crippen LogP contribution in [0.1, 0.15) is 43.2 Å². The highest BCUT2D eigenvalue weighted by Gasteiger charge is 2.20. The second kappa shape index (κ2) is 9.39. The maximum Gasteiger partial charge on any atom is 0.243 e. The summed E-state index contributed by atoms with van der Waals surface area (Å²) >= 11 is 5.88. The second-order valence-electron chi connectivity index (χ2n) is 6.56. The molecule has 0 unspecified atom stereocenters. The second-order valence-corrected chi connectivity index (χ2v) is 6.99. The van der Waals surface area contributed by atoms with E-state index in [1.807, 2.05) is 48.5 Å². The van der Waals surface area contributed by atoms with Gasteiger partial charge < -0.3 is 4.74 Å². The Labute approximate surface area is 159 Å². The SMILES string of the molecule is O=C(N/N=C/c1cccc(OCc2ccc(Cl)cc2)c1)C1CCCCC1. The molecule has 2 aromatic carbocycles. The topological polar surface area (TPSA) is 50.7 Å². The lowest BCUT2D eigenvalue weighted by atomic mass is 9.89. The summed E-state index contributed by atoms with van der Waals surface area (Å²) in [7, 11) is 0. The van der Waals surface area contributed by atoms with Crippen LogP contribution in [0, 0.1) is 5.92 Å². The van der Waals surface area contributed by atoms with Crippen LogP contribution < -0.4 is 10.2 Å². The van der Waals surface area contributed by atoms with Crippen LogP contribution in [0.5, 0.6) is 5.75 Å². The van der Waals surface area contributed by atoms with Crippen LogP contribution in [-0.2, 0) is 11.4 Å². The molecule has 1 amide bonds. The van der Waals surface area contributed by atoms with Crippen molar-refractivity contribution in [3.63, 3.8) is 0 Å². The van der Waals surface area contributed by atoms with Crippen LogP contribution in [0.2, 0.25) is 5.02 Å². The van der Waals surface area contributed by atoms with Gasteiger partial charge >= 0.3 is 0 Å². The number of ether oxygens (including phenoxy) is 1. The van der Waals surface area contributed by atoms with Gasteiger partial charge in [0.05, 0.1) is 6.21 Å². The van der Waals surface area contributed by atoms with Crippen molar-refractivity contribution in [2.45, 2.75) is 38.7 Å². The minimum atomic E-state index is 0.0242. The first-order valence-electron chi connectivity index (χ1n) is 9.01. The molecule has 1 aliphatic carbocycles. The fraction of sp³-hybridized carbons (Fsp3) is 0.333. The first-order valence-corrected chi connectivity index (χ1v) is 9.39. The van der Waals surface area contributed by atoms with E-state index in [-0.39, 0.29) is 11.8 Å². The van der Waals surface area contributed by atoms with E-state index in [9.17, 15) is 4.79 Å². The smallest absolute Gasteiger partial charge is 0.243 e. The first-order chi connectivity index (χ1) is 12.7. The van der Waals surface area contributed by atoms with Crippen LogP contribution >= 0.6 is 11.6 Å². The number of benzene rings is 2. The maximum atomic E-state index is 12.1. The fourth-order valence-corrected chi connectivity index (χ4v) is 3.18. The lowest BCUT2D eigenvalue weighted by molar-refractivity contribution is -0.125. The molecule has 5 heteroatoms. The Morgan fingerprint density at radius 1 is 1.15 bits per heavy atom. The van der Waals surface area contributed by atoms with Crippen LogP contribution in [0.4, 0.5) is 0 Å². The Bertz CT molecular complexity index is 753. The number of carbonyl (C=O) groups excluding carboxylic acids is 1. The third-order valence-corrected chi connectivity index (χ3v) is 4.79. The molecule has 0 spiro atoms. The van der Waals surface area contributed by atoms with Crippen molar-refractivity contribution < 1.29 is 9.53 Å². The van der Waals surface area contributed by atoms with Crippen molar-refractivity contribution in [3.8, 4) is 5.75 Å². The van der Waals surface area contributed by atoms with Crippen LogP contribution in [0.15, 0.2) is 53.6 Å². The number of halogens is 1. The molecule has 0 aromatic heterocycles. The zero-order chi connectivity index (χ0) is 18.2. The summed E-state index contributed by atoms with van der Waals surface area (Å²) in [6.45, 7) is 0.468. The van der Waals surface area contributed by atoms with Gasteiger partial charge in [-0.25, -0.2) is 5.43 Å². The number of hydrogen-bond acceptors (Lipinski definition) is 3. The van der Waals surface area contributed by atoms with Gasteiger partial charge in [-0.1, -0.05) is 55.1 Å². The molecule has 0 radical (unpaired) electrons. The van der Waals surface area contributed by atoms with Gasteiger partial charge in [-0.15, -0.1) is 0 Å². The van der Waals surface area contributed by atoms with Crippen molar-refractivity contribution in [2.24, 2.45) is 11.0 Å². The highest BCUT2D eigenvalue weighted by atomic mass is 35.5. The molecule has 0 atom stereocenters. The number of hydrogen-bond donors (Lipinski definition) is 1. The molecule has 0 aliphatic heterocycles. The number of nitrogens with one attached hydrogen (secondary N) is 1. The number of carbonyl (C=O) groups is 1. The van der Waals surface area contributed by atoms with E-state index in [1.54, 1.807) is 6.21 Å². The summed E-state index contributed by atoms with van der Waals surface area (Å²) in [5.41, 5.74) is 4.59. The van der Waals surface area contributed by atoms with Crippen LogP contribution in [0.25, 0.3) is 0 Å². The Hall–Kier alpha value is -2.33. The van der Waals surface area contributed by atoms with Gasteiger partial charge in [0.1, 0.15) is 12.4 Å². The molecule has 3 rings (SSSR count). The van der Waals surface area contributed by atoms with Crippen LogP contribution in [-0.4, -0.2) is 12.1 Å². The van der Waals surface area contributed by atoms with Gasteiger partial charge in [-0.05, 0) is 48.2 Å². The highest BCUT2D eigenvalue weighted by Crippen LogP contribution is 2.23. The molecule has 0 heterocycles. The summed E-state index contributed by atoms with van der Waals surface area (Å²) in [4.78, 5) is 12.1. The third-order valence-electron chi connectivity index (χ3n) is 4.54. The monoisotopic (exact) mass is 370 g/mol. The lowest BCUT2D eigenvalue weighted by Crippen LogP contribution is -2.28. The minimum Gasteiger partial charge on any atom is -0.489 e. The van der Waals surface area contributed by atoms with E-state index in [1.165, 1.54) is 6.42 Å². The van der Waals surface area contributed by atoms with E-state index in [0.717, 1.165) is 42.6 Å². The number of amides is 1. The van der Waals surface area contributed by atoms with E-state index in [4.69, 9.17) is 16.3 Å². The van der Waals surface area contributed by atoms with Gasteiger partial charge in [0, 0.05) is 10.9 Å². The summed E-state index contributed by atoms with van der Waals surface area (Å²) in [6.07, 6.45) is 7.08. The lowest BCUT2D eigenvalue weighted by Gasteiger charge is -2.19. The summed E-state index contributed by atoms with van der Waals surface area (Å²) in [5.74, 6) is 0.883. The Kier molecular flexibility index (Phi) is 6.67. The zero-order valence-corrected chi connectivity index (χ0v) is 15.4. The Morgan fingerprint density at radius 2 is 1.92 bits per heavy atom. The molecule has 0 saturated heterocycles. The fourth-order valence-electron chi connectivity index (χ4n) is 3.06. The Morgan fingerprint density at radius 3 is 2.69 bits per heavy atom. The van der Waals surface area contributed by atoms with Crippen molar-refractivity contribution in [3.05, 3.63) is 64.7 Å². The molecule has 1 fully saturated rings. The molecule has 4 nitrogen and oxygen atoms in total. The summed E-state index contributed by atoms with van der Waals surface area (Å²) in [6, 6.07) is 15.2.